The van der Waals surface area contributed by atoms with Crippen LogP contribution in [0.25, 0.3) is 0 Å². The molecule has 0 spiro atoms. The van der Waals surface area contributed by atoms with Gasteiger partial charge in [0.2, 0.25) is 0 Å². The van der Waals surface area contributed by atoms with Gasteiger partial charge in [0.05, 0.1) is 0 Å². The summed E-state index contributed by atoms with van der Waals surface area (Å²) in [4.78, 5) is 5.27. The number of rotatable bonds is 8. The molecule has 3 atom stereocenters. The third-order valence-corrected chi connectivity index (χ3v) is 5.29. The Balaban J connectivity index is 1.74. The standard InChI is InChI=1S/C17H35N3/c1-4-11-18-17-10-6-8-15(17)13-19(3)14-16-9-7-12-20(16)5-2/h15-18H,4-14H2,1-3H3. The molecule has 0 amide bonds. The molecule has 3 heteroatoms. The Kier molecular flexibility index (Phi) is 6.79. The molecule has 0 aromatic heterocycles. The number of nitrogens with one attached hydrogen (secondary N) is 1. The maximum Gasteiger partial charge on any atom is 0.0223 e. The van der Waals surface area contributed by atoms with Gasteiger partial charge in [-0.2, -0.15) is 0 Å². The van der Waals surface area contributed by atoms with Crippen LogP contribution in [0.2, 0.25) is 0 Å². The van der Waals surface area contributed by atoms with Gasteiger partial charge in [-0.25, -0.2) is 0 Å². The molecule has 1 aliphatic heterocycles. The van der Waals surface area contributed by atoms with Gasteiger partial charge < -0.3 is 10.2 Å². The van der Waals surface area contributed by atoms with Gasteiger partial charge in [-0.3, -0.25) is 4.90 Å². The lowest BCUT2D eigenvalue weighted by atomic mass is 10.0. The SMILES string of the molecule is CCCNC1CCCC1CN(C)CC1CCCN1CC. The van der Waals surface area contributed by atoms with Gasteiger partial charge in [0.25, 0.3) is 0 Å². The Morgan fingerprint density at radius 2 is 1.95 bits per heavy atom. The van der Waals surface area contributed by atoms with Crippen molar-refractivity contribution in [1.82, 2.24) is 15.1 Å². The van der Waals surface area contributed by atoms with Gasteiger partial charge in [0.15, 0.2) is 0 Å². The van der Waals surface area contributed by atoms with Crippen molar-refractivity contribution in [3.63, 3.8) is 0 Å². The number of likely N-dealkylation sites (N-methyl/N-ethyl adjacent to an activating group) is 2. The Labute approximate surface area is 126 Å². The minimum absolute atomic E-state index is 0.781. The van der Waals surface area contributed by atoms with Crippen molar-refractivity contribution in [2.45, 2.75) is 64.5 Å². The van der Waals surface area contributed by atoms with Crippen LogP contribution in [0.5, 0.6) is 0 Å². The van der Waals surface area contributed by atoms with Crippen molar-refractivity contribution in [3.05, 3.63) is 0 Å². The number of hydrogen-bond acceptors (Lipinski definition) is 3. The maximum absolute atomic E-state index is 3.76. The van der Waals surface area contributed by atoms with Crippen LogP contribution in [-0.4, -0.2) is 61.7 Å². The second kappa shape index (κ2) is 8.35. The summed E-state index contributed by atoms with van der Waals surface area (Å²) in [6.07, 6.45) is 8.30. The van der Waals surface area contributed by atoms with Gasteiger partial charge in [-0.15, -0.1) is 0 Å². The van der Waals surface area contributed by atoms with E-state index in [1.807, 2.05) is 0 Å². The molecule has 1 aliphatic carbocycles. The van der Waals surface area contributed by atoms with E-state index in [0.717, 1.165) is 18.0 Å². The highest BCUT2D eigenvalue weighted by Gasteiger charge is 2.29. The molecule has 3 nitrogen and oxygen atoms in total. The smallest absolute Gasteiger partial charge is 0.0223 e. The molecule has 0 aromatic carbocycles. The summed E-state index contributed by atoms with van der Waals surface area (Å²) in [5, 5.41) is 3.76. The normalized spacial score (nSPS) is 31.5. The van der Waals surface area contributed by atoms with Gasteiger partial charge in [0, 0.05) is 25.2 Å². The molecule has 2 rings (SSSR count). The molecule has 2 aliphatic rings. The average molecular weight is 281 g/mol. The molecule has 20 heavy (non-hydrogen) atoms. The fourth-order valence-electron chi connectivity index (χ4n) is 4.21. The van der Waals surface area contributed by atoms with Gasteiger partial charge in [0.1, 0.15) is 0 Å². The quantitative estimate of drug-likeness (QED) is 0.738. The molecule has 1 saturated carbocycles. The van der Waals surface area contributed by atoms with Crippen LogP contribution in [0.3, 0.4) is 0 Å². The summed E-state index contributed by atoms with van der Waals surface area (Å²) in [5.41, 5.74) is 0. The van der Waals surface area contributed by atoms with Crippen LogP contribution in [0.1, 0.15) is 52.4 Å². The zero-order valence-corrected chi connectivity index (χ0v) is 13.9. The molecule has 0 bridgehead atoms. The third-order valence-electron chi connectivity index (χ3n) is 5.29. The van der Waals surface area contributed by atoms with Crippen molar-refractivity contribution in [2.24, 2.45) is 5.92 Å². The van der Waals surface area contributed by atoms with Gasteiger partial charge in [-0.1, -0.05) is 20.3 Å². The van der Waals surface area contributed by atoms with E-state index >= 15 is 0 Å². The first-order chi connectivity index (χ1) is 9.74. The van der Waals surface area contributed by atoms with Gasteiger partial charge in [-0.05, 0) is 64.7 Å². The van der Waals surface area contributed by atoms with Crippen LogP contribution in [0, 0.1) is 5.92 Å². The molecule has 1 N–H and O–H groups in total. The van der Waals surface area contributed by atoms with E-state index in [2.05, 4.69) is 36.0 Å². The second-order valence-electron chi connectivity index (χ2n) is 6.90. The zero-order chi connectivity index (χ0) is 14.4. The van der Waals surface area contributed by atoms with Crippen molar-refractivity contribution >= 4 is 0 Å². The van der Waals surface area contributed by atoms with E-state index in [1.165, 1.54) is 71.2 Å². The number of hydrogen-bond donors (Lipinski definition) is 1. The van der Waals surface area contributed by atoms with E-state index in [9.17, 15) is 0 Å². The molecule has 1 heterocycles. The molecular weight excluding hydrogens is 246 g/mol. The fourth-order valence-corrected chi connectivity index (χ4v) is 4.21. The topological polar surface area (TPSA) is 18.5 Å². The van der Waals surface area contributed by atoms with Crippen LogP contribution in [0.4, 0.5) is 0 Å². The monoisotopic (exact) mass is 281 g/mol. The van der Waals surface area contributed by atoms with Crippen LogP contribution in [0.15, 0.2) is 0 Å². The largest absolute Gasteiger partial charge is 0.314 e. The van der Waals surface area contributed by atoms with Crippen molar-refractivity contribution in [2.75, 3.05) is 39.8 Å². The van der Waals surface area contributed by atoms with Crippen LogP contribution in [-0.2, 0) is 0 Å². The minimum atomic E-state index is 0.781. The molecule has 0 radical (unpaired) electrons. The second-order valence-corrected chi connectivity index (χ2v) is 6.90. The minimum Gasteiger partial charge on any atom is -0.314 e. The Morgan fingerprint density at radius 3 is 2.70 bits per heavy atom. The molecule has 3 unspecified atom stereocenters. The summed E-state index contributed by atoms with van der Waals surface area (Å²) in [6, 6.07) is 1.59. The molecular formula is C17H35N3. The first-order valence-electron chi connectivity index (χ1n) is 8.90. The Bertz CT molecular complexity index is 269. The predicted octanol–water partition coefficient (Wildman–Crippen LogP) is 2.57. The number of nitrogens with zero attached hydrogens (tertiary/aromatic N) is 2. The van der Waals surface area contributed by atoms with Gasteiger partial charge >= 0.3 is 0 Å². The van der Waals surface area contributed by atoms with Crippen molar-refractivity contribution < 1.29 is 0 Å². The van der Waals surface area contributed by atoms with E-state index < -0.39 is 0 Å². The highest BCUT2D eigenvalue weighted by atomic mass is 15.2. The summed E-state index contributed by atoms with van der Waals surface area (Å²) in [7, 11) is 2.33. The van der Waals surface area contributed by atoms with E-state index in [-0.39, 0.29) is 0 Å². The lowest BCUT2D eigenvalue weighted by molar-refractivity contribution is 0.176. The predicted molar refractivity (Wildman–Crippen MR) is 87.2 cm³/mol. The maximum atomic E-state index is 3.76. The summed E-state index contributed by atoms with van der Waals surface area (Å²) in [5.74, 6) is 0.878. The highest BCUT2D eigenvalue weighted by Crippen LogP contribution is 2.27. The summed E-state index contributed by atoms with van der Waals surface area (Å²) < 4.78 is 0. The molecule has 0 aromatic rings. The lowest BCUT2D eigenvalue weighted by Crippen LogP contribution is -2.43. The average Bonchev–Trinajstić information content (AvgIpc) is 3.05. The Hall–Kier alpha value is -0.120. The molecule has 2 fully saturated rings. The zero-order valence-electron chi connectivity index (χ0n) is 13.9. The highest BCUT2D eigenvalue weighted by molar-refractivity contribution is 4.86. The van der Waals surface area contributed by atoms with E-state index in [4.69, 9.17) is 0 Å². The molecule has 118 valence electrons. The summed E-state index contributed by atoms with van der Waals surface area (Å²) in [6.45, 7) is 10.9. The Morgan fingerprint density at radius 1 is 1.10 bits per heavy atom. The lowest BCUT2D eigenvalue weighted by Gasteiger charge is -2.31. The van der Waals surface area contributed by atoms with Crippen LogP contribution >= 0.6 is 0 Å². The third kappa shape index (κ3) is 4.44. The first-order valence-corrected chi connectivity index (χ1v) is 8.90. The number of likely N-dealkylation sites (tertiary alicyclic amines) is 1. The fraction of sp³-hybridized carbons (Fsp3) is 1.00. The summed E-state index contributed by atoms with van der Waals surface area (Å²) >= 11 is 0. The van der Waals surface area contributed by atoms with Crippen molar-refractivity contribution in [1.29, 1.82) is 0 Å². The first kappa shape index (κ1) is 16.3. The van der Waals surface area contributed by atoms with E-state index in [0.29, 0.717) is 0 Å². The molecule has 1 saturated heterocycles. The van der Waals surface area contributed by atoms with Crippen LogP contribution < -0.4 is 5.32 Å². The van der Waals surface area contributed by atoms with Crippen molar-refractivity contribution in [3.8, 4) is 0 Å². The van der Waals surface area contributed by atoms with E-state index in [1.54, 1.807) is 0 Å².